The lowest BCUT2D eigenvalue weighted by atomic mass is 10.1. The summed E-state index contributed by atoms with van der Waals surface area (Å²) >= 11 is 1.55. The predicted molar refractivity (Wildman–Crippen MR) is 103 cm³/mol. The van der Waals surface area contributed by atoms with Gasteiger partial charge in [0.25, 0.3) is 0 Å². The molecular formula is C19H28O2SSi. The van der Waals surface area contributed by atoms with E-state index in [0.29, 0.717) is 0 Å². The summed E-state index contributed by atoms with van der Waals surface area (Å²) in [5.74, 6) is 2.82. The van der Waals surface area contributed by atoms with Gasteiger partial charge in [0.2, 0.25) is 0 Å². The van der Waals surface area contributed by atoms with E-state index in [1.54, 1.807) is 17.8 Å². The highest BCUT2D eigenvalue weighted by molar-refractivity contribution is 8.03. The van der Waals surface area contributed by atoms with Crippen molar-refractivity contribution in [2.45, 2.75) is 56.3 Å². The van der Waals surface area contributed by atoms with E-state index in [1.165, 1.54) is 0 Å². The molecule has 126 valence electrons. The Kier molecular flexibility index (Phi) is 6.73. The maximum absolute atomic E-state index is 9.43. The molecule has 0 radical (unpaired) electrons. The van der Waals surface area contributed by atoms with Crippen molar-refractivity contribution >= 4 is 20.1 Å². The van der Waals surface area contributed by atoms with Gasteiger partial charge in [-0.3, -0.25) is 0 Å². The second-order valence-electron chi connectivity index (χ2n) is 7.21. The van der Waals surface area contributed by atoms with E-state index in [9.17, 15) is 5.11 Å². The van der Waals surface area contributed by atoms with Crippen molar-refractivity contribution in [1.29, 1.82) is 0 Å². The molecule has 0 aliphatic carbocycles. The largest absolute Gasteiger partial charge is 0.397 e. The van der Waals surface area contributed by atoms with E-state index in [1.807, 2.05) is 37.3 Å². The summed E-state index contributed by atoms with van der Waals surface area (Å²) in [5, 5.41) is 9.49. The van der Waals surface area contributed by atoms with Crippen molar-refractivity contribution < 1.29 is 9.53 Å². The minimum absolute atomic E-state index is 0.0622. The van der Waals surface area contributed by atoms with Crippen LogP contribution in [0, 0.1) is 12.3 Å². The average Bonchev–Trinajstić information content (AvgIpc) is 2.46. The molecule has 1 N–H and O–H groups in total. The van der Waals surface area contributed by atoms with Crippen LogP contribution in [0.2, 0.25) is 18.1 Å². The molecule has 1 rings (SSSR count). The Bertz CT molecular complexity index is 582. The van der Waals surface area contributed by atoms with Crippen molar-refractivity contribution in [3.63, 3.8) is 0 Å². The maximum Gasteiger partial charge on any atom is 0.194 e. The van der Waals surface area contributed by atoms with E-state index in [2.05, 4.69) is 39.8 Å². The molecule has 0 fully saturated rings. The first-order valence-electron chi connectivity index (χ1n) is 7.78. The predicted octanol–water partition coefficient (Wildman–Crippen LogP) is 5.07. The third-order valence-electron chi connectivity index (χ3n) is 4.26. The first-order valence-corrected chi connectivity index (χ1v) is 11.5. The van der Waals surface area contributed by atoms with Crippen molar-refractivity contribution in [2.24, 2.45) is 0 Å². The molecule has 1 aromatic carbocycles. The second-order valence-corrected chi connectivity index (χ2v) is 13.0. The Morgan fingerprint density at radius 3 is 2.26 bits per heavy atom. The second kappa shape index (κ2) is 7.72. The molecule has 0 saturated heterocycles. The third kappa shape index (κ3) is 5.25. The number of benzene rings is 1. The number of hydrogen-bond donors (Lipinski definition) is 1. The lowest BCUT2D eigenvalue weighted by molar-refractivity contribution is 0.175. The number of rotatable bonds is 6. The first-order chi connectivity index (χ1) is 10.6. The normalized spacial score (nSPS) is 15.8. The Balaban J connectivity index is 3.16. The monoisotopic (exact) mass is 348 g/mol. The molecule has 0 aliphatic heterocycles. The summed E-state index contributed by atoms with van der Waals surface area (Å²) in [5.41, 5.74) is -0.841. The number of aliphatic hydroxyl groups excluding tert-OH is 1. The topological polar surface area (TPSA) is 29.5 Å². The van der Waals surface area contributed by atoms with Crippen LogP contribution in [0.5, 0.6) is 0 Å². The Morgan fingerprint density at radius 2 is 1.83 bits per heavy atom. The molecule has 0 bridgehead atoms. The zero-order chi connectivity index (χ0) is 17.7. The SMILES string of the molecule is C#C[C@@](C)(O[Si](C)(C)C(C)(C)C)/C(=C/CO)Sc1ccccc1. The van der Waals surface area contributed by atoms with Gasteiger partial charge in [-0.15, -0.1) is 6.42 Å². The Labute approximate surface area is 146 Å². The average molecular weight is 349 g/mol. The van der Waals surface area contributed by atoms with Crippen molar-refractivity contribution in [2.75, 3.05) is 6.61 Å². The maximum atomic E-state index is 9.43. The summed E-state index contributed by atoms with van der Waals surface area (Å²) in [6, 6.07) is 10.0. The van der Waals surface area contributed by atoms with Crippen LogP contribution in [0.25, 0.3) is 0 Å². The van der Waals surface area contributed by atoms with E-state index < -0.39 is 13.9 Å². The molecule has 0 saturated carbocycles. The summed E-state index contributed by atoms with van der Waals surface area (Å²) in [4.78, 5) is 1.94. The zero-order valence-corrected chi connectivity index (χ0v) is 16.8. The van der Waals surface area contributed by atoms with Crippen LogP contribution in [0.15, 0.2) is 46.2 Å². The zero-order valence-electron chi connectivity index (χ0n) is 15.0. The quantitative estimate of drug-likeness (QED) is 0.442. The summed E-state index contributed by atoms with van der Waals surface area (Å²) in [6.45, 7) is 12.8. The molecule has 0 heterocycles. The first kappa shape index (κ1) is 20.1. The molecule has 4 heteroatoms. The lowest BCUT2D eigenvalue weighted by Crippen LogP contribution is -2.48. The van der Waals surface area contributed by atoms with Crippen molar-refractivity contribution in [3.05, 3.63) is 41.3 Å². The molecular weight excluding hydrogens is 320 g/mol. The lowest BCUT2D eigenvalue weighted by Gasteiger charge is -2.42. The van der Waals surface area contributed by atoms with Crippen molar-refractivity contribution in [1.82, 2.24) is 0 Å². The molecule has 0 unspecified atom stereocenters. The van der Waals surface area contributed by atoms with Crippen LogP contribution in [-0.4, -0.2) is 25.6 Å². The summed E-state index contributed by atoms with van der Waals surface area (Å²) in [7, 11) is -2.05. The molecule has 0 spiro atoms. The minimum Gasteiger partial charge on any atom is -0.397 e. The van der Waals surface area contributed by atoms with Crippen LogP contribution in [0.4, 0.5) is 0 Å². The molecule has 23 heavy (non-hydrogen) atoms. The number of hydrogen-bond acceptors (Lipinski definition) is 3. The van der Waals surface area contributed by atoms with Gasteiger partial charge in [-0.25, -0.2) is 0 Å². The van der Waals surface area contributed by atoms with Gasteiger partial charge in [0.15, 0.2) is 8.32 Å². The molecule has 0 aliphatic rings. The number of aliphatic hydroxyl groups is 1. The number of thioether (sulfide) groups is 1. The Hall–Kier alpha value is -0.993. The van der Waals surface area contributed by atoms with Crippen LogP contribution in [0.3, 0.4) is 0 Å². The minimum atomic E-state index is -2.05. The fourth-order valence-electron chi connectivity index (χ4n) is 1.85. The highest BCUT2D eigenvalue weighted by Gasteiger charge is 2.44. The highest BCUT2D eigenvalue weighted by Crippen LogP contribution is 2.43. The smallest absolute Gasteiger partial charge is 0.194 e. The fraction of sp³-hybridized carbons (Fsp3) is 0.474. The van der Waals surface area contributed by atoms with E-state index >= 15 is 0 Å². The van der Waals surface area contributed by atoms with Gasteiger partial charge >= 0.3 is 0 Å². The molecule has 0 amide bonds. The van der Waals surface area contributed by atoms with Gasteiger partial charge in [-0.2, -0.15) is 0 Å². The highest BCUT2D eigenvalue weighted by atomic mass is 32.2. The van der Waals surface area contributed by atoms with Crippen LogP contribution in [-0.2, 0) is 4.43 Å². The molecule has 1 atom stereocenters. The van der Waals surface area contributed by atoms with Gasteiger partial charge < -0.3 is 9.53 Å². The fourth-order valence-corrected chi connectivity index (χ4v) is 4.42. The van der Waals surface area contributed by atoms with Gasteiger partial charge in [-0.1, -0.05) is 56.7 Å². The van der Waals surface area contributed by atoms with Gasteiger partial charge in [0.1, 0.15) is 5.60 Å². The van der Waals surface area contributed by atoms with E-state index in [4.69, 9.17) is 10.8 Å². The van der Waals surface area contributed by atoms with E-state index in [-0.39, 0.29) is 11.6 Å². The van der Waals surface area contributed by atoms with Gasteiger partial charge in [-0.05, 0) is 43.3 Å². The van der Waals surface area contributed by atoms with E-state index in [0.717, 1.165) is 9.80 Å². The standard InChI is InChI=1S/C19H28O2SSi/c1-8-19(5,21-23(6,7)18(2,3)4)17(14-15-20)22-16-12-10-9-11-13-16/h1,9-14,20H,15H2,2-7H3/b17-14-/t19-/m1/s1. The van der Waals surface area contributed by atoms with Gasteiger partial charge in [0, 0.05) is 9.80 Å². The molecule has 2 nitrogen and oxygen atoms in total. The Morgan fingerprint density at radius 1 is 1.26 bits per heavy atom. The molecule has 1 aromatic rings. The van der Waals surface area contributed by atoms with Crippen LogP contribution in [0.1, 0.15) is 27.7 Å². The van der Waals surface area contributed by atoms with Crippen LogP contribution < -0.4 is 0 Å². The number of terminal acetylenes is 1. The van der Waals surface area contributed by atoms with Crippen molar-refractivity contribution in [3.8, 4) is 12.3 Å². The van der Waals surface area contributed by atoms with Crippen LogP contribution >= 0.6 is 11.8 Å². The van der Waals surface area contributed by atoms with Gasteiger partial charge in [0.05, 0.1) is 6.61 Å². The summed E-state index contributed by atoms with van der Waals surface area (Å²) in [6.07, 6.45) is 7.61. The third-order valence-corrected chi connectivity index (χ3v) is 10.1. The molecule has 0 aromatic heterocycles. The summed E-state index contributed by atoms with van der Waals surface area (Å²) < 4.78 is 6.53.